The first kappa shape index (κ1) is 9.95. The van der Waals surface area contributed by atoms with E-state index in [2.05, 4.69) is 15.4 Å². The molecular weight excluding hydrogens is 216 g/mol. The number of hydrogen-bond acceptors (Lipinski definition) is 5. The van der Waals surface area contributed by atoms with Gasteiger partial charge in [-0.1, -0.05) is 12.1 Å². The van der Waals surface area contributed by atoms with E-state index in [1.165, 1.54) is 0 Å². The highest BCUT2D eigenvalue weighted by Crippen LogP contribution is 2.29. The zero-order valence-electron chi connectivity index (χ0n) is 9.30. The molecule has 0 aliphatic carbocycles. The van der Waals surface area contributed by atoms with E-state index < -0.39 is 0 Å². The van der Waals surface area contributed by atoms with Gasteiger partial charge in [0.1, 0.15) is 0 Å². The van der Waals surface area contributed by atoms with Crippen LogP contribution < -0.4 is 16.8 Å². The molecule has 17 heavy (non-hydrogen) atoms. The molecule has 88 valence electrons. The molecule has 2 heterocycles. The Morgan fingerprint density at radius 3 is 3.06 bits per heavy atom. The minimum Gasteiger partial charge on any atom is -0.399 e. The molecule has 0 saturated carbocycles. The number of nitrogen functional groups attached to an aromatic ring is 2. The summed E-state index contributed by atoms with van der Waals surface area (Å²) in [5, 5.41) is 7.39. The predicted molar refractivity (Wildman–Crippen MR) is 66.5 cm³/mol. The fourth-order valence-electron chi connectivity index (χ4n) is 2.19. The van der Waals surface area contributed by atoms with Gasteiger partial charge in [0.2, 0.25) is 11.9 Å². The standard InChI is InChI=1S/C11H14N6/c12-8-3-1-2-7(6-8)9-4-5-14-11-15-10(13)16-17(9)11/h1-3,6,9H,4-5,12H2,(H3,13,14,15,16). The molecule has 6 heteroatoms. The van der Waals surface area contributed by atoms with Crippen LogP contribution in [0.4, 0.5) is 17.6 Å². The van der Waals surface area contributed by atoms with E-state index in [0.717, 1.165) is 30.2 Å². The van der Waals surface area contributed by atoms with Gasteiger partial charge in [-0.25, -0.2) is 4.68 Å². The second kappa shape index (κ2) is 3.65. The fourth-order valence-corrected chi connectivity index (χ4v) is 2.19. The van der Waals surface area contributed by atoms with Crippen LogP contribution in [-0.4, -0.2) is 21.3 Å². The summed E-state index contributed by atoms with van der Waals surface area (Å²) in [6.45, 7) is 0.859. The second-order valence-electron chi connectivity index (χ2n) is 4.14. The van der Waals surface area contributed by atoms with Gasteiger partial charge >= 0.3 is 0 Å². The topological polar surface area (TPSA) is 94.8 Å². The van der Waals surface area contributed by atoms with Crippen LogP contribution in [0.25, 0.3) is 0 Å². The first-order chi connectivity index (χ1) is 8.24. The minimum absolute atomic E-state index is 0.152. The van der Waals surface area contributed by atoms with Crippen LogP contribution in [0.2, 0.25) is 0 Å². The van der Waals surface area contributed by atoms with Crippen molar-refractivity contribution in [2.24, 2.45) is 0 Å². The number of rotatable bonds is 1. The molecule has 1 atom stereocenters. The van der Waals surface area contributed by atoms with Crippen LogP contribution >= 0.6 is 0 Å². The van der Waals surface area contributed by atoms with Crippen molar-refractivity contribution in [3.63, 3.8) is 0 Å². The molecule has 2 aromatic rings. The Morgan fingerprint density at radius 1 is 1.35 bits per heavy atom. The predicted octanol–water partition coefficient (Wildman–Crippen LogP) is 0.847. The molecule has 1 aromatic heterocycles. The summed E-state index contributed by atoms with van der Waals surface area (Å²) < 4.78 is 1.83. The number of fused-ring (bicyclic) bond motifs is 1. The molecule has 1 unspecified atom stereocenters. The Hall–Kier alpha value is -2.24. The lowest BCUT2D eigenvalue weighted by molar-refractivity contribution is 0.481. The Labute approximate surface area is 98.6 Å². The summed E-state index contributed by atoms with van der Waals surface area (Å²) >= 11 is 0. The monoisotopic (exact) mass is 230 g/mol. The van der Waals surface area contributed by atoms with Crippen LogP contribution in [0.15, 0.2) is 24.3 Å². The van der Waals surface area contributed by atoms with Gasteiger partial charge in [0, 0.05) is 12.2 Å². The molecule has 1 aliphatic heterocycles. The fraction of sp³-hybridized carbons (Fsp3) is 0.273. The smallest absolute Gasteiger partial charge is 0.241 e. The first-order valence-electron chi connectivity index (χ1n) is 5.55. The highest BCUT2D eigenvalue weighted by atomic mass is 15.4. The molecule has 5 N–H and O–H groups in total. The second-order valence-corrected chi connectivity index (χ2v) is 4.14. The molecule has 3 rings (SSSR count). The van der Waals surface area contributed by atoms with Crippen molar-refractivity contribution in [2.45, 2.75) is 12.5 Å². The van der Waals surface area contributed by atoms with Crippen LogP contribution in [-0.2, 0) is 0 Å². The summed E-state index contributed by atoms with van der Waals surface area (Å²) in [6.07, 6.45) is 0.944. The van der Waals surface area contributed by atoms with E-state index in [0.29, 0.717) is 5.95 Å². The molecule has 0 saturated heterocycles. The van der Waals surface area contributed by atoms with E-state index in [9.17, 15) is 0 Å². The number of nitrogens with two attached hydrogens (primary N) is 2. The van der Waals surface area contributed by atoms with Crippen molar-refractivity contribution >= 4 is 17.6 Å². The largest absolute Gasteiger partial charge is 0.399 e. The highest BCUT2D eigenvalue weighted by Gasteiger charge is 2.23. The van der Waals surface area contributed by atoms with Gasteiger partial charge in [0.25, 0.3) is 0 Å². The molecule has 0 bridgehead atoms. The van der Waals surface area contributed by atoms with Gasteiger partial charge in [-0.3, -0.25) is 0 Å². The van der Waals surface area contributed by atoms with Crippen molar-refractivity contribution in [1.82, 2.24) is 14.8 Å². The lowest BCUT2D eigenvalue weighted by atomic mass is 10.0. The van der Waals surface area contributed by atoms with E-state index in [1.807, 2.05) is 28.9 Å². The van der Waals surface area contributed by atoms with E-state index in [-0.39, 0.29) is 6.04 Å². The zero-order valence-corrected chi connectivity index (χ0v) is 9.30. The third kappa shape index (κ3) is 1.67. The Kier molecular flexibility index (Phi) is 2.14. The van der Waals surface area contributed by atoms with E-state index >= 15 is 0 Å². The van der Waals surface area contributed by atoms with Gasteiger partial charge in [0.05, 0.1) is 6.04 Å². The molecule has 0 radical (unpaired) electrons. The number of hydrogen-bond donors (Lipinski definition) is 3. The van der Waals surface area contributed by atoms with E-state index in [4.69, 9.17) is 11.5 Å². The van der Waals surface area contributed by atoms with Crippen molar-refractivity contribution in [2.75, 3.05) is 23.3 Å². The molecule has 0 amide bonds. The van der Waals surface area contributed by atoms with Crippen molar-refractivity contribution in [3.05, 3.63) is 29.8 Å². The lowest BCUT2D eigenvalue weighted by Gasteiger charge is -2.24. The Morgan fingerprint density at radius 2 is 2.24 bits per heavy atom. The summed E-state index contributed by atoms with van der Waals surface area (Å²) in [5.74, 6) is 1.02. The third-order valence-electron chi connectivity index (χ3n) is 2.94. The maximum Gasteiger partial charge on any atom is 0.241 e. The van der Waals surface area contributed by atoms with Gasteiger partial charge in [-0.05, 0) is 24.1 Å². The van der Waals surface area contributed by atoms with Gasteiger partial charge in [-0.15, -0.1) is 5.10 Å². The normalized spacial score (nSPS) is 18.5. The molecular formula is C11H14N6. The average Bonchev–Trinajstić information content (AvgIpc) is 2.68. The average molecular weight is 230 g/mol. The van der Waals surface area contributed by atoms with Gasteiger partial charge in [-0.2, -0.15) is 4.98 Å². The summed E-state index contributed by atoms with van der Waals surface area (Å²) in [5.41, 5.74) is 13.3. The van der Waals surface area contributed by atoms with Crippen molar-refractivity contribution < 1.29 is 0 Å². The molecule has 0 fully saturated rings. The van der Waals surface area contributed by atoms with Crippen LogP contribution in [0.3, 0.4) is 0 Å². The van der Waals surface area contributed by atoms with Crippen LogP contribution in [0.5, 0.6) is 0 Å². The lowest BCUT2D eigenvalue weighted by Crippen LogP contribution is -2.24. The quantitative estimate of drug-likeness (QED) is 0.631. The minimum atomic E-state index is 0.152. The van der Waals surface area contributed by atoms with Crippen LogP contribution in [0, 0.1) is 0 Å². The maximum absolute atomic E-state index is 5.80. The molecule has 1 aliphatic rings. The van der Waals surface area contributed by atoms with E-state index in [1.54, 1.807) is 0 Å². The first-order valence-corrected chi connectivity index (χ1v) is 5.55. The number of aromatic nitrogens is 3. The Balaban J connectivity index is 2.05. The highest BCUT2D eigenvalue weighted by molar-refractivity contribution is 5.44. The SMILES string of the molecule is Nc1cccc(C2CCNc3nc(N)nn32)c1. The number of benzene rings is 1. The Bertz CT molecular complexity index is 547. The van der Waals surface area contributed by atoms with Gasteiger partial charge < -0.3 is 16.8 Å². The molecule has 0 spiro atoms. The van der Waals surface area contributed by atoms with Gasteiger partial charge in [0.15, 0.2) is 0 Å². The third-order valence-corrected chi connectivity index (χ3v) is 2.94. The molecule has 1 aromatic carbocycles. The zero-order chi connectivity index (χ0) is 11.8. The van der Waals surface area contributed by atoms with Crippen molar-refractivity contribution in [3.8, 4) is 0 Å². The van der Waals surface area contributed by atoms with Crippen molar-refractivity contribution in [1.29, 1.82) is 0 Å². The molecule has 6 nitrogen and oxygen atoms in total. The van der Waals surface area contributed by atoms with Crippen LogP contribution in [0.1, 0.15) is 18.0 Å². The maximum atomic E-state index is 5.80. The number of nitrogens with zero attached hydrogens (tertiary/aromatic N) is 3. The summed E-state index contributed by atoms with van der Waals surface area (Å²) in [4.78, 5) is 4.14. The summed E-state index contributed by atoms with van der Waals surface area (Å²) in [7, 11) is 0. The number of anilines is 3. The number of nitrogens with one attached hydrogen (secondary N) is 1. The summed E-state index contributed by atoms with van der Waals surface area (Å²) in [6, 6.07) is 8.00.